The lowest BCUT2D eigenvalue weighted by Crippen LogP contribution is -2.24. The minimum Gasteiger partial charge on any atom is -0.468 e. The standard InChI is InChI=1S/C17H26O6/c1-5-13-15(16(19)22-7-3)12(17(20-4)23-13)10-8-9-11-14(18)21-6-2/h8-9,12,17H,5-7,10-11H2,1-4H3/b9-8+. The second kappa shape index (κ2) is 10.0. The third kappa shape index (κ3) is 5.39. The summed E-state index contributed by atoms with van der Waals surface area (Å²) in [7, 11) is 1.54. The number of hydrogen-bond donors (Lipinski definition) is 0. The Labute approximate surface area is 137 Å². The van der Waals surface area contributed by atoms with Crippen LogP contribution in [-0.4, -0.2) is 38.6 Å². The fourth-order valence-electron chi connectivity index (χ4n) is 2.46. The number of rotatable bonds is 9. The zero-order valence-corrected chi connectivity index (χ0v) is 14.3. The third-order valence-corrected chi connectivity index (χ3v) is 3.45. The Morgan fingerprint density at radius 3 is 2.39 bits per heavy atom. The smallest absolute Gasteiger partial charge is 0.337 e. The molecule has 130 valence electrons. The van der Waals surface area contributed by atoms with Crippen molar-refractivity contribution in [2.75, 3.05) is 20.3 Å². The van der Waals surface area contributed by atoms with Crippen molar-refractivity contribution in [2.45, 2.75) is 46.3 Å². The van der Waals surface area contributed by atoms with E-state index >= 15 is 0 Å². The van der Waals surface area contributed by atoms with Crippen molar-refractivity contribution in [1.29, 1.82) is 0 Å². The molecular weight excluding hydrogens is 300 g/mol. The molecule has 1 heterocycles. The van der Waals surface area contributed by atoms with Crippen molar-refractivity contribution in [1.82, 2.24) is 0 Å². The summed E-state index contributed by atoms with van der Waals surface area (Å²) in [6, 6.07) is 0. The zero-order valence-electron chi connectivity index (χ0n) is 14.3. The maximum Gasteiger partial charge on any atom is 0.337 e. The van der Waals surface area contributed by atoms with Crippen molar-refractivity contribution in [3.05, 3.63) is 23.5 Å². The second-order valence-corrected chi connectivity index (χ2v) is 4.96. The first kappa shape index (κ1) is 19.2. The molecule has 1 rings (SSSR count). The number of esters is 2. The van der Waals surface area contributed by atoms with Crippen LogP contribution in [0.25, 0.3) is 0 Å². The molecule has 23 heavy (non-hydrogen) atoms. The van der Waals surface area contributed by atoms with Gasteiger partial charge in [-0.05, 0) is 20.3 Å². The van der Waals surface area contributed by atoms with E-state index in [1.807, 2.05) is 13.0 Å². The Morgan fingerprint density at radius 2 is 1.83 bits per heavy atom. The number of methoxy groups -OCH3 is 1. The van der Waals surface area contributed by atoms with Crippen LogP contribution in [0.3, 0.4) is 0 Å². The van der Waals surface area contributed by atoms with E-state index in [0.717, 1.165) is 0 Å². The van der Waals surface area contributed by atoms with Crippen LogP contribution in [0, 0.1) is 5.92 Å². The molecule has 0 amide bonds. The SMILES string of the molecule is CCOC(=O)C/C=C/CC1C(C(=O)OCC)=C(CC)OC1OC. The summed E-state index contributed by atoms with van der Waals surface area (Å²) in [5, 5.41) is 0. The molecule has 2 unspecified atom stereocenters. The molecule has 0 saturated carbocycles. The van der Waals surface area contributed by atoms with Crippen LogP contribution in [-0.2, 0) is 28.5 Å². The normalized spacial score (nSPS) is 20.7. The van der Waals surface area contributed by atoms with E-state index < -0.39 is 6.29 Å². The highest BCUT2D eigenvalue weighted by atomic mass is 16.7. The summed E-state index contributed by atoms with van der Waals surface area (Å²) in [5.41, 5.74) is 0.530. The van der Waals surface area contributed by atoms with Gasteiger partial charge in [-0.15, -0.1) is 0 Å². The fraction of sp³-hybridized carbons (Fsp3) is 0.647. The third-order valence-electron chi connectivity index (χ3n) is 3.45. The van der Waals surface area contributed by atoms with Crippen LogP contribution in [0.2, 0.25) is 0 Å². The topological polar surface area (TPSA) is 71.1 Å². The lowest BCUT2D eigenvalue weighted by molar-refractivity contribution is -0.142. The molecule has 0 aromatic carbocycles. The molecule has 6 heteroatoms. The van der Waals surface area contributed by atoms with Crippen LogP contribution >= 0.6 is 0 Å². The van der Waals surface area contributed by atoms with Crippen LogP contribution < -0.4 is 0 Å². The van der Waals surface area contributed by atoms with Gasteiger partial charge >= 0.3 is 11.9 Å². The monoisotopic (exact) mass is 326 g/mol. The molecule has 0 fully saturated rings. The average Bonchev–Trinajstić information content (AvgIpc) is 2.90. The summed E-state index contributed by atoms with van der Waals surface area (Å²) in [6.45, 7) is 6.12. The minimum absolute atomic E-state index is 0.207. The summed E-state index contributed by atoms with van der Waals surface area (Å²) >= 11 is 0. The highest BCUT2D eigenvalue weighted by molar-refractivity contribution is 5.90. The van der Waals surface area contributed by atoms with Crippen LogP contribution in [0.4, 0.5) is 0 Å². The number of hydrogen-bond acceptors (Lipinski definition) is 6. The van der Waals surface area contributed by atoms with E-state index in [1.54, 1.807) is 27.0 Å². The van der Waals surface area contributed by atoms with Gasteiger partial charge in [0.2, 0.25) is 6.29 Å². The predicted molar refractivity (Wildman–Crippen MR) is 84.3 cm³/mol. The molecule has 0 radical (unpaired) electrons. The van der Waals surface area contributed by atoms with E-state index in [9.17, 15) is 9.59 Å². The molecule has 2 atom stereocenters. The van der Waals surface area contributed by atoms with E-state index in [2.05, 4.69) is 0 Å². The lowest BCUT2D eigenvalue weighted by Gasteiger charge is -2.17. The van der Waals surface area contributed by atoms with E-state index in [4.69, 9.17) is 18.9 Å². The Bertz CT molecular complexity index is 466. The van der Waals surface area contributed by atoms with Gasteiger partial charge in [-0.1, -0.05) is 19.1 Å². The van der Waals surface area contributed by atoms with Gasteiger partial charge < -0.3 is 18.9 Å². The van der Waals surface area contributed by atoms with Crippen molar-refractivity contribution >= 4 is 11.9 Å². The van der Waals surface area contributed by atoms with Crippen LogP contribution in [0.5, 0.6) is 0 Å². The molecule has 0 aromatic heterocycles. The molecular formula is C17H26O6. The number of carbonyl (C=O) groups excluding carboxylic acids is 2. The van der Waals surface area contributed by atoms with Crippen LogP contribution in [0.1, 0.15) is 40.0 Å². The molecule has 1 aliphatic rings. The molecule has 0 aromatic rings. The highest BCUT2D eigenvalue weighted by Gasteiger charge is 2.39. The minimum atomic E-state index is -0.517. The Balaban J connectivity index is 2.77. The first-order chi connectivity index (χ1) is 11.1. The average molecular weight is 326 g/mol. The predicted octanol–water partition coefficient (Wildman–Crippen LogP) is 2.73. The number of allylic oxidation sites excluding steroid dienone is 2. The fourth-order valence-corrected chi connectivity index (χ4v) is 2.46. The van der Waals surface area contributed by atoms with Crippen molar-refractivity contribution in [2.24, 2.45) is 5.92 Å². The molecule has 6 nitrogen and oxygen atoms in total. The second-order valence-electron chi connectivity index (χ2n) is 4.96. The summed E-state index contributed by atoms with van der Waals surface area (Å²) in [6.07, 6.45) is 4.38. The first-order valence-corrected chi connectivity index (χ1v) is 7.99. The van der Waals surface area contributed by atoms with E-state index in [1.165, 1.54) is 0 Å². The highest BCUT2D eigenvalue weighted by Crippen LogP contribution is 2.36. The van der Waals surface area contributed by atoms with E-state index in [0.29, 0.717) is 37.4 Å². The summed E-state index contributed by atoms with van der Waals surface area (Å²) in [5.74, 6) is -0.274. The Hall–Kier alpha value is -1.82. The molecule has 0 saturated heterocycles. The molecule has 0 spiro atoms. The maximum absolute atomic E-state index is 12.2. The largest absolute Gasteiger partial charge is 0.468 e. The van der Waals surface area contributed by atoms with Gasteiger partial charge in [0.1, 0.15) is 5.76 Å². The molecule has 0 N–H and O–H groups in total. The molecule has 1 aliphatic heterocycles. The van der Waals surface area contributed by atoms with Gasteiger partial charge in [-0.25, -0.2) is 4.79 Å². The number of ether oxygens (including phenoxy) is 4. The van der Waals surface area contributed by atoms with Gasteiger partial charge in [-0.3, -0.25) is 4.79 Å². The van der Waals surface area contributed by atoms with Gasteiger partial charge in [0.05, 0.1) is 31.1 Å². The summed E-state index contributed by atoms with van der Waals surface area (Å²) < 4.78 is 21.0. The number of carbonyl (C=O) groups is 2. The Kier molecular flexibility index (Phi) is 8.40. The van der Waals surface area contributed by atoms with Crippen molar-refractivity contribution in [3.63, 3.8) is 0 Å². The van der Waals surface area contributed by atoms with Crippen molar-refractivity contribution < 1.29 is 28.5 Å². The van der Waals surface area contributed by atoms with Gasteiger partial charge in [0.15, 0.2) is 0 Å². The Morgan fingerprint density at radius 1 is 1.13 bits per heavy atom. The molecule has 0 bridgehead atoms. The quantitative estimate of drug-likeness (QED) is 0.479. The first-order valence-electron chi connectivity index (χ1n) is 7.99. The van der Waals surface area contributed by atoms with Crippen molar-refractivity contribution in [3.8, 4) is 0 Å². The molecule has 0 aliphatic carbocycles. The lowest BCUT2D eigenvalue weighted by atomic mass is 9.95. The van der Waals surface area contributed by atoms with Crippen LogP contribution in [0.15, 0.2) is 23.5 Å². The van der Waals surface area contributed by atoms with Gasteiger partial charge in [0, 0.05) is 13.5 Å². The van der Waals surface area contributed by atoms with Gasteiger partial charge in [-0.2, -0.15) is 0 Å². The zero-order chi connectivity index (χ0) is 17.2. The van der Waals surface area contributed by atoms with Gasteiger partial charge in [0.25, 0.3) is 0 Å². The van der Waals surface area contributed by atoms with E-state index in [-0.39, 0.29) is 24.3 Å². The maximum atomic E-state index is 12.2. The summed E-state index contributed by atoms with van der Waals surface area (Å²) in [4.78, 5) is 23.5.